The molecule has 0 aliphatic carbocycles. The van der Waals surface area contributed by atoms with E-state index in [0.717, 1.165) is 30.7 Å². The van der Waals surface area contributed by atoms with Crippen LogP contribution in [-0.2, 0) is 19.9 Å². The fourth-order valence-corrected chi connectivity index (χ4v) is 2.22. The van der Waals surface area contributed by atoms with Gasteiger partial charge < -0.3 is 10.3 Å². The lowest BCUT2D eigenvalue weighted by molar-refractivity contribution is 0.593. The Kier molecular flexibility index (Phi) is 3.48. The number of nitrogens with zero attached hydrogens (tertiary/aromatic N) is 2. The molecule has 1 atom stereocenters. The van der Waals surface area contributed by atoms with Gasteiger partial charge in [0.15, 0.2) is 0 Å². The average molecular weight is 231 g/mol. The van der Waals surface area contributed by atoms with Crippen LogP contribution >= 0.6 is 0 Å². The first-order valence-electron chi connectivity index (χ1n) is 6.30. The van der Waals surface area contributed by atoms with E-state index in [0.29, 0.717) is 5.92 Å². The molecule has 0 spiro atoms. The van der Waals surface area contributed by atoms with Crippen LogP contribution in [0, 0.1) is 5.92 Å². The molecular formula is C14H21N3. The van der Waals surface area contributed by atoms with Crippen molar-refractivity contribution in [3.05, 3.63) is 29.6 Å². The predicted molar refractivity (Wildman–Crippen MR) is 72.0 cm³/mol. The van der Waals surface area contributed by atoms with Crippen molar-refractivity contribution in [1.29, 1.82) is 0 Å². The Morgan fingerprint density at radius 1 is 1.41 bits per heavy atom. The summed E-state index contributed by atoms with van der Waals surface area (Å²) in [5, 5.41) is 0. The average Bonchev–Trinajstić information content (AvgIpc) is 2.65. The van der Waals surface area contributed by atoms with Crippen LogP contribution in [0.25, 0.3) is 11.0 Å². The van der Waals surface area contributed by atoms with Crippen molar-refractivity contribution in [3.8, 4) is 0 Å². The summed E-state index contributed by atoms with van der Waals surface area (Å²) in [7, 11) is 2.08. The standard InChI is InChI=1S/C14H21N3/c1-4-14-16-12-8-11(7-10(2)9-15)5-6-13(12)17(14)3/h5-6,8,10H,4,7,9,15H2,1-3H3. The molecule has 2 rings (SSSR count). The van der Waals surface area contributed by atoms with Gasteiger partial charge in [-0.05, 0) is 36.6 Å². The second-order valence-corrected chi connectivity index (χ2v) is 4.81. The summed E-state index contributed by atoms with van der Waals surface area (Å²) in [4.78, 5) is 4.66. The van der Waals surface area contributed by atoms with Crippen molar-refractivity contribution < 1.29 is 0 Å². The minimum Gasteiger partial charge on any atom is -0.331 e. The van der Waals surface area contributed by atoms with E-state index in [-0.39, 0.29) is 0 Å². The number of hydrogen-bond donors (Lipinski definition) is 1. The van der Waals surface area contributed by atoms with E-state index in [1.807, 2.05) is 0 Å². The number of fused-ring (bicyclic) bond motifs is 1. The van der Waals surface area contributed by atoms with E-state index in [1.165, 1.54) is 11.1 Å². The van der Waals surface area contributed by atoms with E-state index in [4.69, 9.17) is 5.73 Å². The molecule has 3 heteroatoms. The molecule has 0 bridgehead atoms. The minimum atomic E-state index is 0.529. The van der Waals surface area contributed by atoms with Gasteiger partial charge in [0, 0.05) is 13.5 Å². The molecule has 2 N–H and O–H groups in total. The molecule has 1 heterocycles. The fraction of sp³-hybridized carbons (Fsp3) is 0.500. The van der Waals surface area contributed by atoms with Gasteiger partial charge in [-0.2, -0.15) is 0 Å². The Morgan fingerprint density at radius 3 is 2.82 bits per heavy atom. The van der Waals surface area contributed by atoms with E-state index in [2.05, 4.69) is 48.6 Å². The molecular weight excluding hydrogens is 210 g/mol. The summed E-state index contributed by atoms with van der Waals surface area (Å²) in [5.41, 5.74) is 9.31. The third-order valence-electron chi connectivity index (χ3n) is 3.34. The van der Waals surface area contributed by atoms with Crippen LogP contribution in [0.3, 0.4) is 0 Å². The van der Waals surface area contributed by atoms with E-state index in [1.54, 1.807) is 0 Å². The second-order valence-electron chi connectivity index (χ2n) is 4.81. The number of rotatable bonds is 4. The second kappa shape index (κ2) is 4.88. The molecule has 0 amide bonds. The predicted octanol–water partition coefficient (Wildman–Crippen LogP) is 2.27. The van der Waals surface area contributed by atoms with Crippen molar-refractivity contribution in [2.24, 2.45) is 18.7 Å². The van der Waals surface area contributed by atoms with Gasteiger partial charge in [0.1, 0.15) is 5.82 Å². The van der Waals surface area contributed by atoms with Crippen molar-refractivity contribution in [2.45, 2.75) is 26.7 Å². The third-order valence-corrected chi connectivity index (χ3v) is 3.34. The minimum absolute atomic E-state index is 0.529. The summed E-state index contributed by atoms with van der Waals surface area (Å²) >= 11 is 0. The molecule has 2 aromatic rings. The van der Waals surface area contributed by atoms with Crippen LogP contribution in [0.5, 0.6) is 0 Å². The number of benzene rings is 1. The van der Waals surface area contributed by atoms with Crippen LogP contribution in [0.2, 0.25) is 0 Å². The lowest BCUT2D eigenvalue weighted by Gasteiger charge is -2.08. The molecule has 0 saturated heterocycles. The van der Waals surface area contributed by atoms with E-state index < -0.39 is 0 Å². The highest BCUT2D eigenvalue weighted by atomic mass is 15.1. The number of nitrogens with two attached hydrogens (primary N) is 1. The smallest absolute Gasteiger partial charge is 0.109 e. The van der Waals surface area contributed by atoms with Gasteiger partial charge in [0.2, 0.25) is 0 Å². The quantitative estimate of drug-likeness (QED) is 0.877. The number of imidazole rings is 1. The topological polar surface area (TPSA) is 43.8 Å². The molecule has 1 aromatic heterocycles. The fourth-order valence-electron chi connectivity index (χ4n) is 2.22. The van der Waals surface area contributed by atoms with Gasteiger partial charge in [-0.1, -0.05) is 19.9 Å². The highest BCUT2D eigenvalue weighted by Gasteiger charge is 2.08. The molecule has 0 aliphatic rings. The summed E-state index contributed by atoms with van der Waals surface area (Å²) in [6, 6.07) is 6.55. The Morgan fingerprint density at radius 2 is 2.18 bits per heavy atom. The Labute approximate surface area is 103 Å². The monoisotopic (exact) mass is 231 g/mol. The van der Waals surface area contributed by atoms with E-state index >= 15 is 0 Å². The zero-order valence-electron chi connectivity index (χ0n) is 10.9. The number of aryl methyl sites for hydroxylation is 2. The first-order valence-corrected chi connectivity index (χ1v) is 6.30. The Hall–Kier alpha value is -1.35. The molecule has 0 saturated carbocycles. The van der Waals surface area contributed by atoms with Crippen molar-refractivity contribution in [3.63, 3.8) is 0 Å². The van der Waals surface area contributed by atoms with Crippen molar-refractivity contribution >= 4 is 11.0 Å². The van der Waals surface area contributed by atoms with Gasteiger partial charge in [-0.3, -0.25) is 0 Å². The zero-order chi connectivity index (χ0) is 12.4. The summed E-state index contributed by atoms with van der Waals surface area (Å²) < 4.78 is 2.17. The molecule has 1 unspecified atom stereocenters. The largest absolute Gasteiger partial charge is 0.331 e. The maximum atomic E-state index is 5.66. The Bertz CT molecular complexity index is 513. The van der Waals surface area contributed by atoms with Gasteiger partial charge in [-0.25, -0.2) is 4.98 Å². The summed E-state index contributed by atoms with van der Waals surface area (Å²) in [6.07, 6.45) is 2.00. The lowest BCUT2D eigenvalue weighted by Crippen LogP contribution is -2.12. The van der Waals surface area contributed by atoms with Crippen molar-refractivity contribution in [1.82, 2.24) is 9.55 Å². The van der Waals surface area contributed by atoms with Gasteiger partial charge in [0.05, 0.1) is 11.0 Å². The first kappa shape index (κ1) is 12.1. The van der Waals surface area contributed by atoms with Crippen LogP contribution < -0.4 is 5.73 Å². The molecule has 17 heavy (non-hydrogen) atoms. The first-order chi connectivity index (χ1) is 8.15. The van der Waals surface area contributed by atoms with Gasteiger partial charge >= 0.3 is 0 Å². The molecule has 3 nitrogen and oxygen atoms in total. The number of hydrogen-bond acceptors (Lipinski definition) is 2. The molecule has 1 aromatic carbocycles. The van der Waals surface area contributed by atoms with Crippen LogP contribution in [0.4, 0.5) is 0 Å². The zero-order valence-corrected chi connectivity index (χ0v) is 10.9. The molecule has 0 fully saturated rings. The number of aromatic nitrogens is 2. The highest BCUT2D eigenvalue weighted by molar-refractivity contribution is 5.76. The van der Waals surface area contributed by atoms with Crippen LogP contribution in [0.1, 0.15) is 25.2 Å². The van der Waals surface area contributed by atoms with Gasteiger partial charge in [0.25, 0.3) is 0 Å². The summed E-state index contributed by atoms with van der Waals surface area (Å²) in [5.74, 6) is 1.67. The Balaban J connectivity index is 2.37. The van der Waals surface area contributed by atoms with Crippen LogP contribution in [0.15, 0.2) is 18.2 Å². The van der Waals surface area contributed by atoms with Crippen molar-refractivity contribution in [2.75, 3.05) is 6.54 Å². The van der Waals surface area contributed by atoms with Gasteiger partial charge in [-0.15, -0.1) is 0 Å². The summed E-state index contributed by atoms with van der Waals surface area (Å²) in [6.45, 7) is 5.05. The normalized spacial score (nSPS) is 13.2. The van der Waals surface area contributed by atoms with Crippen LogP contribution in [-0.4, -0.2) is 16.1 Å². The SMILES string of the molecule is CCc1nc2cc(CC(C)CN)ccc2n1C. The highest BCUT2D eigenvalue weighted by Crippen LogP contribution is 2.18. The molecule has 0 radical (unpaired) electrons. The third kappa shape index (κ3) is 2.34. The maximum absolute atomic E-state index is 5.66. The van der Waals surface area contributed by atoms with E-state index in [9.17, 15) is 0 Å². The molecule has 92 valence electrons. The lowest BCUT2D eigenvalue weighted by atomic mass is 10.0. The maximum Gasteiger partial charge on any atom is 0.109 e. The molecule has 0 aliphatic heterocycles.